The Morgan fingerprint density at radius 3 is 2.68 bits per heavy atom. The van der Waals surface area contributed by atoms with Gasteiger partial charge in [-0.15, -0.1) is 11.3 Å². The molecule has 0 aliphatic rings. The monoisotopic (exact) mass is 317 g/mol. The molecular weight excluding hydrogens is 294 g/mol. The van der Waals surface area contributed by atoms with Crippen molar-refractivity contribution in [1.29, 1.82) is 0 Å². The van der Waals surface area contributed by atoms with E-state index >= 15 is 0 Å². The maximum atomic E-state index is 12.3. The second-order valence-electron chi connectivity index (χ2n) is 5.88. The van der Waals surface area contributed by atoms with Crippen molar-refractivity contribution in [2.75, 3.05) is 5.32 Å². The molecule has 0 radical (unpaired) electrons. The lowest BCUT2D eigenvalue weighted by atomic mass is 9.98. The topological polar surface area (TPSA) is 68.0 Å². The third-order valence-corrected chi connectivity index (χ3v) is 4.59. The minimum Gasteiger partial charge on any atom is -0.325 e. The van der Waals surface area contributed by atoms with Gasteiger partial charge >= 0.3 is 0 Å². The van der Waals surface area contributed by atoms with Gasteiger partial charge in [-0.05, 0) is 30.9 Å². The van der Waals surface area contributed by atoms with E-state index in [0.717, 1.165) is 27.5 Å². The van der Waals surface area contributed by atoms with Gasteiger partial charge in [0, 0.05) is 11.1 Å². The van der Waals surface area contributed by atoms with Crippen molar-refractivity contribution in [1.82, 2.24) is 4.98 Å². The lowest BCUT2D eigenvalue weighted by molar-refractivity contribution is -0.115. The number of benzene rings is 1. The summed E-state index contributed by atoms with van der Waals surface area (Å²) in [7, 11) is 0. The predicted molar refractivity (Wildman–Crippen MR) is 92.3 cm³/mol. The molecule has 4 nitrogen and oxygen atoms in total. The Labute approximate surface area is 135 Å². The lowest BCUT2D eigenvalue weighted by Crippen LogP contribution is -2.17. The summed E-state index contributed by atoms with van der Waals surface area (Å²) in [6.45, 7) is 8.16. The fourth-order valence-corrected chi connectivity index (χ4v) is 3.08. The number of carbonyl (C=O) groups excluding carboxylic acids is 1. The van der Waals surface area contributed by atoms with Crippen LogP contribution in [-0.4, -0.2) is 10.9 Å². The molecule has 0 saturated carbocycles. The molecule has 0 aliphatic heterocycles. The normalized spacial score (nSPS) is 12.5. The van der Waals surface area contributed by atoms with Gasteiger partial charge in [-0.1, -0.05) is 32.0 Å². The summed E-state index contributed by atoms with van der Waals surface area (Å²) in [5.74, 6) is 0.317. The first-order chi connectivity index (χ1) is 10.4. The van der Waals surface area contributed by atoms with Crippen LogP contribution in [0.1, 0.15) is 54.6 Å². The number of para-hydroxylation sites is 1. The zero-order chi connectivity index (χ0) is 16.3. The number of thiazole rings is 1. The molecule has 2 rings (SSSR count). The van der Waals surface area contributed by atoms with Gasteiger partial charge in [0.2, 0.25) is 5.91 Å². The molecule has 0 spiro atoms. The predicted octanol–water partition coefficient (Wildman–Crippen LogP) is 3.78. The summed E-state index contributed by atoms with van der Waals surface area (Å²) < 4.78 is 0. The Morgan fingerprint density at radius 2 is 2.09 bits per heavy atom. The quantitative estimate of drug-likeness (QED) is 0.882. The van der Waals surface area contributed by atoms with Crippen LogP contribution in [0.3, 0.4) is 0 Å². The standard InChI is InChI=1S/C17H23N3OS/c1-10(2)14-7-5-6-11(3)16(14)20-15(21)8-13-9-22-17(19-13)12(4)18/h5-7,9-10,12H,8,18H2,1-4H3,(H,20,21). The van der Waals surface area contributed by atoms with Gasteiger partial charge in [0.05, 0.1) is 18.2 Å². The molecule has 1 aromatic heterocycles. The first-order valence-corrected chi connectivity index (χ1v) is 8.35. The smallest absolute Gasteiger partial charge is 0.230 e. The van der Waals surface area contributed by atoms with E-state index in [1.807, 2.05) is 31.4 Å². The number of amides is 1. The highest BCUT2D eigenvalue weighted by molar-refractivity contribution is 7.09. The first kappa shape index (κ1) is 16.6. The van der Waals surface area contributed by atoms with Crippen LogP contribution in [-0.2, 0) is 11.2 Å². The van der Waals surface area contributed by atoms with E-state index in [1.54, 1.807) is 0 Å². The van der Waals surface area contributed by atoms with Crippen molar-refractivity contribution in [3.8, 4) is 0 Å². The maximum absolute atomic E-state index is 12.3. The summed E-state index contributed by atoms with van der Waals surface area (Å²) >= 11 is 1.50. The van der Waals surface area contributed by atoms with Crippen LogP contribution in [0.25, 0.3) is 0 Å². The Bertz CT molecular complexity index is 662. The van der Waals surface area contributed by atoms with E-state index in [-0.39, 0.29) is 18.4 Å². The van der Waals surface area contributed by atoms with Gasteiger partial charge in [-0.3, -0.25) is 4.79 Å². The van der Waals surface area contributed by atoms with E-state index in [0.29, 0.717) is 5.92 Å². The minimum absolute atomic E-state index is 0.0438. The van der Waals surface area contributed by atoms with Gasteiger partial charge in [-0.25, -0.2) is 4.98 Å². The van der Waals surface area contributed by atoms with E-state index < -0.39 is 0 Å². The van der Waals surface area contributed by atoms with Crippen molar-refractivity contribution in [2.24, 2.45) is 5.73 Å². The van der Waals surface area contributed by atoms with Crippen LogP contribution < -0.4 is 11.1 Å². The zero-order valence-corrected chi connectivity index (χ0v) is 14.3. The van der Waals surface area contributed by atoms with Gasteiger partial charge < -0.3 is 11.1 Å². The number of nitrogens with two attached hydrogens (primary N) is 1. The number of rotatable bonds is 5. The molecule has 1 aromatic carbocycles. The summed E-state index contributed by atoms with van der Waals surface area (Å²) in [4.78, 5) is 16.7. The Morgan fingerprint density at radius 1 is 1.36 bits per heavy atom. The number of nitrogens with zero attached hydrogens (tertiary/aromatic N) is 1. The molecule has 5 heteroatoms. The number of nitrogens with one attached hydrogen (secondary N) is 1. The molecule has 0 bridgehead atoms. The van der Waals surface area contributed by atoms with Crippen molar-refractivity contribution < 1.29 is 4.79 Å². The third kappa shape index (κ3) is 3.93. The van der Waals surface area contributed by atoms with E-state index in [9.17, 15) is 4.79 Å². The minimum atomic E-state index is -0.0919. The maximum Gasteiger partial charge on any atom is 0.230 e. The lowest BCUT2D eigenvalue weighted by Gasteiger charge is -2.16. The Balaban J connectivity index is 2.12. The van der Waals surface area contributed by atoms with Crippen molar-refractivity contribution in [3.05, 3.63) is 45.4 Å². The number of aryl methyl sites for hydroxylation is 1. The van der Waals surface area contributed by atoms with E-state index in [4.69, 9.17) is 5.73 Å². The summed E-state index contributed by atoms with van der Waals surface area (Å²) in [5, 5.41) is 5.81. The second-order valence-corrected chi connectivity index (χ2v) is 6.77. The third-order valence-electron chi connectivity index (χ3n) is 3.49. The van der Waals surface area contributed by atoms with Crippen molar-refractivity contribution >= 4 is 22.9 Å². The Hall–Kier alpha value is -1.72. The van der Waals surface area contributed by atoms with Crippen LogP contribution in [0.5, 0.6) is 0 Å². The molecule has 1 atom stereocenters. The highest BCUT2D eigenvalue weighted by atomic mass is 32.1. The summed E-state index contributed by atoms with van der Waals surface area (Å²) in [6.07, 6.45) is 0.273. The number of aromatic nitrogens is 1. The molecule has 1 amide bonds. The summed E-state index contributed by atoms with van der Waals surface area (Å²) in [5.41, 5.74) is 9.73. The largest absolute Gasteiger partial charge is 0.325 e. The van der Waals surface area contributed by atoms with Crippen LogP contribution >= 0.6 is 11.3 Å². The summed E-state index contributed by atoms with van der Waals surface area (Å²) in [6, 6.07) is 6.00. The molecule has 3 N–H and O–H groups in total. The molecule has 0 aliphatic carbocycles. The molecule has 0 fully saturated rings. The van der Waals surface area contributed by atoms with Crippen molar-refractivity contribution in [2.45, 2.75) is 46.1 Å². The molecule has 1 heterocycles. The average molecular weight is 317 g/mol. The van der Waals surface area contributed by atoms with E-state index in [1.165, 1.54) is 11.3 Å². The highest BCUT2D eigenvalue weighted by Crippen LogP contribution is 2.27. The van der Waals surface area contributed by atoms with Crippen molar-refractivity contribution in [3.63, 3.8) is 0 Å². The van der Waals surface area contributed by atoms with Crippen LogP contribution in [0.4, 0.5) is 5.69 Å². The SMILES string of the molecule is Cc1cccc(C(C)C)c1NC(=O)Cc1csc(C(C)N)n1. The number of hydrogen-bond acceptors (Lipinski definition) is 4. The second kappa shape index (κ2) is 7.03. The molecule has 118 valence electrons. The number of anilines is 1. The number of carbonyl (C=O) groups is 1. The molecular formula is C17H23N3OS. The van der Waals surface area contributed by atoms with Gasteiger partial charge in [0.25, 0.3) is 0 Å². The fourth-order valence-electron chi connectivity index (χ4n) is 2.30. The van der Waals surface area contributed by atoms with Crippen LogP contribution in [0.2, 0.25) is 0 Å². The molecule has 0 saturated heterocycles. The van der Waals surface area contributed by atoms with Crippen LogP contribution in [0, 0.1) is 6.92 Å². The zero-order valence-electron chi connectivity index (χ0n) is 13.5. The Kier molecular flexibility index (Phi) is 5.32. The highest BCUT2D eigenvalue weighted by Gasteiger charge is 2.14. The van der Waals surface area contributed by atoms with Gasteiger partial charge in [0.1, 0.15) is 5.01 Å². The van der Waals surface area contributed by atoms with Gasteiger partial charge in [0.15, 0.2) is 0 Å². The van der Waals surface area contributed by atoms with E-state index in [2.05, 4.69) is 30.2 Å². The molecule has 1 unspecified atom stereocenters. The average Bonchev–Trinajstić information content (AvgIpc) is 2.89. The van der Waals surface area contributed by atoms with Gasteiger partial charge in [-0.2, -0.15) is 0 Å². The van der Waals surface area contributed by atoms with Crippen LogP contribution in [0.15, 0.2) is 23.6 Å². The first-order valence-electron chi connectivity index (χ1n) is 7.47. The molecule has 2 aromatic rings. The fraction of sp³-hybridized carbons (Fsp3) is 0.412. The number of hydrogen-bond donors (Lipinski definition) is 2. The molecule has 22 heavy (non-hydrogen) atoms.